The minimum absolute atomic E-state index is 0.329. The van der Waals surface area contributed by atoms with E-state index in [-0.39, 0.29) is 0 Å². The molecule has 0 saturated carbocycles. The summed E-state index contributed by atoms with van der Waals surface area (Å²) in [5.74, 6) is 0.959. The van der Waals surface area contributed by atoms with Crippen molar-refractivity contribution in [2.45, 2.75) is 39.8 Å². The maximum absolute atomic E-state index is 11.3. The van der Waals surface area contributed by atoms with Gasteiger partial charge in [-0.05, 0) is 49.2 Å². The van der Waals surface area contributed by atoms with Crippen LogP contribution < -0.4 is 10.6 Å². The number of nitrogens with two attached hydrogens (primary N) is 1. The lowest BCUT2D eigenvalue weighted by atomic mass is 10.00. The molecule has 2 aromatic heterocycles. The number of rotatable bonds is 4. The molecule has 1 aliphatic heterocycles. The van der Waals surface area contributed by atoms with Crippen LogP contribution in [0.5, 0.6) is 0 Å². The summed E-state index contributed by atoms with van der Waals surface area (Å²) < 4.78 is 2.31. The number of aromatic nitrogens is 3. The Hall–Kier alpha value is -3.15. The first-order valence-electron chi connectivity index (χ1n) is 9.61. The molecule has 2 N–H and O–H groups in total. The summed E-state index contributed by atoms with van der Waals surface area (Å²) in [6.45, 7) is 8.92. The fourth-order valence-electron chi connectivity index (χ4n) is 3.90. The third kappa shape index (κ3) is 3.15. The highest BCUT2D eigenvalue weighted by atomic mass is 16.1. The number of aryl methyl sites for hydroxylation is 1. The highest BCUT2D eigenvalue weighted by Crippen LogP contribution is 2.33. The largest absolute Gasteiger partial charge is 0.366 e. The lowest BCUT2D eigenvalue weighted by Crippen LogP contribution is -2.34. The second-order valence-corrected chi connectivity index (χ2v) is 7.53. The van der Waals surface area contributed by atoms with Crippen LogP contribution in [0.1, 0.15) is 47.3 Å². The fourth-order valence-corrected chi connectivity index (χ4v) is 3.90. The van der Waals surface area contributed by atoms with Crippen molar-refractivity contribution in [3.63, 3.8) is 0 Å². The maximum Gasteiger partial charge on any atom is 0.248 e. The molecular formula is C22H25N5O. The number of pyridine rings is 1. The smallest absolute Gasteiger partial charge is 0.248 e. The van der Waals surface area contributed by atoms with Crippen molar-refractivity contribution in [2.75, 3.05) is 11.4 Å². The Bertz CT molecular complexity index is 1020. The van der Waals surface area contributed by atoms with Gasteiger partial charge in [-0.3, -0.25) is 9.78 Å². The van der Waals surface area contributed by atoms with Gasteiger partial charge in [0.25, 0.3) is 0 Å². The minimum atomic E-state index is -0.404. The van der Waals surface area contributed by atoms with Crippen LogP contribution in [0.3, 0.4) is 0 Å². The SMILES string of the molecule is Cc1nc(-c2cccnc2C(C)C)c2n1CCN(c1ccc(C(N)=O)cc1)C2. The van der Waals surface area contributed by atoms with Gasteiger partial charge >= 0.3 is 0 Å². The van der Waals surface area contributed by atoms with Gasteiger partial charge in [0.2, 0.25) is 5.91 Å². The van der Waals surface area contributed by atoms with Gasteiger partial charge in [0.05, 0.1) is 23.6 Å². The van der Waals surface area contributed by atoms with Crippen LogP contribution in [-0.4, -0.2) is 27.0 Å². The number of benzene rings is 1. The van der Waals surface area contributed by atoms with Gasteiger partial charge in [-0.1, -0.05) is 13.8 Å². The number of amides is 1. The Balaban J connectivity index is 1.72. The number of hydrogen-bond donors (Lipinski definition) is 1. The molecular weight excluding hydrogens is 350 g/mol. The van der Waals surface area contributed by atoms with Gasteiger partial charge in [-0.2, -0.15) is 0 Å². The lowest BCUT2D eigenvalue weighted by Gasteiger charge is -2.31. The van der Waals surface area contributed by atoms with Gasteiger partial charge in [-0.25, -0.2) is 4.98 Å². The number of imidazole rings is 1. The standard InChI is InChI=1S/C22H25N5O/c1-14(2)20-18(5-4-10-24-20)21-19-13-26(11-12-27(19)15(3)25-21)17-8-6-16(7-9-17)22(23)28/h4-10,14H,11-13H2,1-3H3,(H2,23,28). The Morgan fingerprint density at radius 2 is 1.89 bits per heavy atom. The molecule has 0 spiro atoms. The molecule has 0 fully saturated rings. The molecule has 28 heavy (non-hydrogen) atoms. The number of nitrogens with zero attached hydrogens (tertiary/aromatic N) is 4. The number of primary amides is 1. The number of hydrogen-bond acceptors (Lipinski definition) is 4. The monoisotopic (exact) mass is 375 g/mol. The minimum Gasteiger partial charge on any atom is -0.366 e. The van der Waals surface area contributed by atoms with E-state index in [1.807, 2.05) is 24.4 Å². The predicted molar refractivity (Wildman–Crippen MR) is 110 cm³/mol. The van der Waals surface area contributed by atoms with E-state index in [4.69, 9.17) is 10.7 Å². The van der Waals surface area contributed by atoms with Crippen molar-refractivity contribution in [1.29, 1.82) is 0 Å². The molecule has 0 saturated heterocycles. The first kappa shape index (κ1) is 18.2. The van der Waals surface area contributed by atoms with Crippen LogP contribution in [0, 0.1) is 6.92 Å². The van der Waals surface area contributed by atoms with Crippen molar-refractivity contribution in [1.82, 2.24) is 14.5 Å². The molecule has 4 rings (SSSR count). The Labute approximate surface area is 165 Å². The number of fused-ring (bicyclic) bond motifs is 1. The molecule has 0 bridgehead atoms. The van der Waals surface area contributed by atoms with E-state index in [1.165, 1.54) is 5.69 Å². The summed E-state index contributed by atoms with van der Waals surface area (Å²) in [7, 11) is 0. The molecule has 3 heterocycles. The van der Waals surface area contributed by atoms with Crippen LogP contribution >= 0.6 is 0 Å². The van der Waals surface area contributed by atoms with E-state index in [0.717, 1.165) is 48.1 Å². The zero-order valence-electron chi connectivity index (χ0n) is 16.5. The third-order valence-electron chi connectivity index (χ3n) is 5.36. The molecule has 0 radical (unpaired) electrons. The van der Waals surface area contributed by atoms with Gasteiger partial charge in [0.1, 0.15) is 5.82 Å². The highest BCUT2D eigenvalue weighted by Gasteiger charge is 2.25. The lowest BCUT2D eigenvalue weighted by molar-refractivity contribution is 0.100. The number of carbonyl (C=O) groups is 1. The molecule has 3 aromatic rings. The zero-order chi connectivity index (χ0) is 19.8. The Kier molecular flexibility index (Phi) is 4.63. The van der Waals surface area contributed by atoms with Crippen LogP contribution in [0.4, 0.5) is 5.69 Å². The van der Waals surface area contributed by atoms with E-state index in [0.29, 0.717) is 11.5 Å². The second kappa shape index (κ2) is 7.11. The normalized spacial score (nSPS) is 13.6. The fraction of sp³-hybridized carbons (Fsp3) is 0.318. The molecule has 1 aliphatic rings. The van der Waals surface area contributed by atoms with Gasteiger partial charge in [0, 0.05) is 36.1 Å². The summed E-state index contributed by atoms with van der Waals surface area (Å²) in [6.07, 6.45) is 1.85. The van der Waals surface area contributed by atoms with Gasteiger partial charge < -0.3 is 15.2 Å². The second-order valence-electron chi connectivity index (χ2n) is 7.53. The van der Waals surface area contributed by atoms with Crippen molar-refractivity contribution >= 4 is 11.6 Å². The molecule has 1 aromatic carbocycles. The third-order valence-corrected chi connectivity index (χ3v) is 5.36. The van der Waals surface area contributed by atoms with Crippen LogP contribution in [-0.2, 0) is 13.1 Å². The van der Waals surface area contributed by atoms with E-state index in [2.05, 4.69) is 41.3 Å². The van der Waals surface area contributed by atoms with Crippen molar-refractivity contribution in [3.05, 3.63) is 65.4 Å². The van der Waals surface area contributed by atoms with Crippen LogP contribution in [0.15, 0.2) is 42.6 Å². The molecule has 0 aliphatic carbocycles. The summed E-state index contributed by atoms with van der Waals surface area (Å²) in [6, 6.07) is 11.6. The van der Waals surface area contributed by atoms with E-state index >= 15 is 0 Å². The maximum atomic E-state index is 11.3. The van der Waals surface area contributed by atoms with E-state index < -0.39 is 5.91 Å². The van der Waals surface area contributed by atoms with Crippen molar-refractivity contribution in [3.8, 4) is 11.3 Å². The topological polar surface area (TPSA) is 77.0 Å². The zero-order valence-corrected chi connectivity index (χ0v) is 16.5. The molecule has 0 unspecified atom stereocenters. The quantitative estimate of drug-likeness (QED) is 0.757. The van der Waals surface area contributed by atoms with E-state index in [9.17, 15) is 4.79 Å². The first-order valence-corrected chi connectivity index (χ1v) is 9.61. The average molecular weight is 375 g/mol. The highest BCUT2D eigenvalue weighted by molar-refractivity contribution is 5.93. The van der Waals surface area contributed by atoms with Gasteiger partial charge in [-0.15, -0.1) is 0 Å². The summed E-state index contributed by atoms with van der Waals surface area (Å²) in [5.41, 5.74) is 11.4. The van der Waals surface area contributed by atoms with Crippen molar-refractivity contribution < 1.29 is 4.79 Å². The molecule has 0 atom stereocenters. The summed E-state index contributed by atoms with van der Waals surface area (Å²) in [5, 5.41) is 0. The Morgan fingerprint density at radius 3 is 2.57 bits per heavy atom. The average Bonchev–Trinajstić information content (AvgIpc) is 3.04. The van der Waals surface area contributed by atoms with E-state index in [1.54, 1.807) is 12.1 Å². The van der Waals surface area contributed by atoms with Gasteiger partial charge in [0.15, 0.2) is 0 Å². The van der Waals surface area contributed by atoms with Crippen LogP contribution in [0.25, 0.3) is 11.3 Å². The van der Waals surface area contributed by atoms with Crippen LogP contribution in [0.2, 0.25) is 0 Å². The summed E-state index contributed by atoms with van der Waals surface area (Å²) >= 11 is 0. The molecule has 6 nitrogen and oxygen atoms in total. The molecule has 6 heteroatoms. The van der Waals surface area contributed by atoms with Crippen molar-refractivity contribution in [2.24, 2.45) is 5.73 Å². The number of carbonyl (C=O) groups excluding carboxylic acids is 1. The molecule has 144 valence electrons. The Morgan fingerprint density at radius 1 is 1.14 bits per heavy atom. The number of anilines is 1. The molecule has 1 amide bonds. The summed E-state index contributed by atoms with van der Waals surface area (Å²) in [4.78, 5) is 23.2. The predicted octanol–water partition coefficient (Wildman–Crippen LogP) is 3.50. The first-order chi connectivity index (χ1) is 13.5.